The number of benzene rings is 3. The number of hydrogen-bond acceptors (Lipinski definition) is 1. The van der Waals surface area contributed by atoms with E-state index in [4.69, 9.17) is 0 Å². The van der Waals surface area contributed by atoms with Crippen molar-refractivity contribution in [2.45, 2.75) is 115 Å². The zero-order chi connectivity index (χ0) is 31.3. The van der Waals surface area contributed by atoms with Crippen molar-refractivity contribution in [1.29, 1.82) is 0 Å². The first-order valence-electron chi connectivity index (χ1n) is 17.9. The topological polar surface area (TPSA) is 8.17 Å². The second kappa shape index (κ2) is 10.3. The number of nitrogens with zero attached hydrogens (tertiary/aromatic N) is 2. The second-order valence-electron chi connectivity index (χ2n) is 16.8. The van der Waals surface area contributed by atoms with E-state index in [1.165, 1.54) is 89.1 Å². The Bertz CT molecular complexity index is 1800. The van der Waals surface area contributed by atoms with Crippen LogP contribution in [0, 0.1) is 11.8 Å². The third-order valence-corrected chi connectivity index (χ3v) is 17.2. The standard InChI is InChI=1S/C42H52N2Si/c1-41(2,3)44(29-15-9-8-10-16-29)45(6,7)40-24-21-28-25-35-31-23-22-30(26-36(31)42(4,5)37(35)27-34(28)40)43-38-19-13-11-17-32(38)33-18-12-14-20-39(33)43/h11-14,17-20,22-23,25-29,34,40H,8-10,15-16,21,24H2,1-7H3. The maximum atomic E-state index is 3.12. The van der Waals surface area contributed by atoms with Gasteiger partial charge in [-0.1, -0.05) is 107 Å². The zero-order valence-electron chi connectivity index (χ0n) is 28.7. The van der Waals surface area contributed by atoms with Gasteiger partial charge >= 0.3 is 0 Å². The molecule has 3 heteroatoms. The Morgan fingerprint density at radius 1 is 0.778 bits per heavy atom. The molecule has 0 saturated heterocycles. The van der Waals surface area contributed by atoms with Gasteiger partial charge < -0.3 is 9.13 Å². The van der Waals surface area contributed by atoms with Crippen LogP contribution in [0.2, 0.25) is 18.6 Å². The molecular weight excluding hydrogens is 561 g/mol. The first kappa shape index (κ1) is 29.5. The molecular formula is C42H52N2Si. The lowest BCUT2D eigenvalue weighted by Gasteiger charge is -2.55. The van der Waals surface area contributed by atoms with Gasteiger partial charge in [0.05, 0.1) is 11.0 Å². The van der Waals surface area contributed by atoms with Gasteiger partial charge in [-0.15, -0.1) is 0 Å². The van der Waals surface area contributed by atoms with Crippen LogP contribution in [-0.2, 0) is 5.41 Å². The molecule has 1 heterocycles. The molecule has 8 rings (SSSR count). The quantitative estimate of drug-likeness (QED) is 0.208. The van der Waals surface area contributed by atoms with Crippen LogP contribution in [0.4, 0.5) is 0 Å². The molecule has 234 valence electrons. The van der Waals surface area contributed by atoms with Crippen LogP contribution in [0.5, 0.6) is 0 Å². The predicted octanol–water partition coefficient (Wildman–Crippen LogP) is 11.4. The van der Waals surface area contributed by atoms with Crippen molar-refractivity contribution in [3.8, 4) is 5.69 Å². The van der Waals surface area contributed by atoms with E-state index in [9.17, 15) is 0 Å². The number of rotatable bonds is 4. The number of aromatic nitrogens is 1. The predicted molar refractivity (Wildman–Crippen MR) is 196 cm³/mol. The van der Waals surface area contributed by atoms with Crippen LogP contribution in [0.1, 0.15) is 90.7 Å². The SMILES string of the molecule is CC1(C)C2=CC3C(C=C2c2ccc(-n4c5ccccc5c5ccccc54)cc21)CCC3[Si](C)(C)N(C1CCCCC1)C(C)(C)C. The molecule has 0 N–H and O–H groups in total. The van der Waals surface area contributed by atoms with E-state index in [0.717, 1.165) is 11.6 Å². The van der Waals surface area contributed by atoms with Gasteiger partial charge in [0.25, 0.3) is 0 Å². The van der Waals surface area contributed by atoms with Crippen LogP contribution < -0.4 is 0 Å². The van der Waals surface area contributed by atoms with Crippen molar-refractivity contribution in [3.63, 3.8) is 0 Å². The Kier molecular flexibility index (Phi) is 6.76. The Morgan fingerprint density at radius 3 is 2.07 bits per heavy atom. The molecule has 0 radical (unpaired) electrons. The minimum absolute atomic E-state index is 0.00711. The van der Waals surface area contributed by atoms with E-state index in [1.54, 1.807) is 5.57 Å². The molecule has 3 unspecified atom stereocenters. The molecule has 4 aromatic rings. The largest absolute Gasteiger partial charge is 0.316 e. The highest BCUT2D eigenvalue weighted by Crippen LogP contribution is 2.59. The second-order valence-corrected chi connectivity index (χ2v) is 21.3. The number of fused-ring (bicyclic) bond motifs is 7. The fourth-order valence-electron chi connectivity index (χ4n) is 10.8. The molecule has 0 spiro atoms. The molecule has 1 aromatic heterocycles. The average molecular weight is 613 g/mol. The van der Waals surface area contributed by atoms with E-state index in [2.05, 4.69) is 136 Å². The van der Waals surface area contributed by atoms with Crippen LogP contribution in [0.15, 0.2) is 84.5 Å². The number of allylic oxidation sites excluding steroid dienone is 4. The van der Waals surface area contributed by atoms with Gasteiger partial charge in [0, 0.05) is 33.5 Å². The van der Waals surface area contributed by atoms with Gasteiger partial charge in [-0.2, -0.15) is 0 Å². The van der Waals surface area contributed by atoms with Crippen molar-refractivity contribution in [2.24, 2.45) is 11.8 Å². The van der Waals surface area contributed by atoms with Gasteiger partial charge in [0.2, 0.25) is 0 Å². The number of para-hydroxylation sites is 2. The molecule has 2 fully saturated rings. The van der Waals surface area contributed by atoms with Gasteiger partial charge in [0.1, 0.15) is 8.24 Å². The van der Waals surface area contributed by atoms with Crippen LogP contribution in [-0.4, -0.2) is 28.9 Å². The molecule has 0 aliphatic heterocycles. The summed E-state index contributed by atoms with van der Waals surface area (Å²) in [6.45, 7) is 18.0. The average Bonchev–Trinajstić information content (AvgIpc) is 3.65. The number of hydrogen-bond donors (Lipinski definition) is 0. The Hall–Kier alpha value is -2.88. The van der Waals surface area contributed by atoms with Gasteiger partial charge in [-0.3, -0.25) is 0 Å². The van der Waals surface area contributed by atoms with Crippen molar-refractivity contribution in [1.82, 2.24) is 9.13 Å². The lowest BCUT2D eigenvalue weighted by molar-refractivity contribution is 0.140. The third-order valence-electron chi connectivity index (χ3n) is 12.5. The Labute approximate surface area is 272 Å². The van der Waals surface area contributed by atoms with E-state index >= 15 is 0 Å². The van der Waals surface area contributed by atoms with Crippen LogP contribution in [0.25, 0.3) is 33.1 Å². The highest BCUT2D eigenvalue weighted by molar-refractivity contribution is 6.76. The van der Waals surface area contributed by atoms with Gasteiger partial charge in [0.15, 0.2) is 0 Å². The Morgan fingerprint density at radius 2 is 1.42 bits per heavy atom. The summed E-state index contributed by atoms with van der Waals surface area (Å²) in [5.74, 6) is 1.34. The Balaban J connectivity index is 1.19. The summed E-state index contributed by atoms with van der Waals surface area (Å²) in [6, 6.07) is 25.9. The van der Waals surface area contributed by atoms with Crippen molar-refractivity contribution < 1.29 is 0 Å². The molecule has 0 bridgehead atoms. The summed E-state index contributed by atoms with van der Waals surface area (Å²) < 4.78 is 5.60. The van der Waals surface area contributed by atoms with E-state index < -0.39 is 8.24 Å². The molecule has 3 atom stereocenters. The fourth-order valence-corrected chi connectivity index (χ4v) is 16.3. The smallest absolute Gasteiger partial charge is 0.126 e. The molecule has 45 heavy (non-hydrogen) atoms. The summed E-state index contributed by atoms with van der Waals surface area (Å²) >= 11 is 0. The van der Waals surface area contributed by atoms with E-state index in [-0.39, 0.29) is 11.0 Å². The lowest BCUT2D eigenvalue weighted by atomic mass is 9.76. The molecule has 4 aliphatic rings. The maximum absolute atomic E-state index is 3.12. The fraction of sp³-hybridized carbons (Fsp3) is 0.476. The normalized spacial score (nSPS) is 24.9. The highest BCUT2D eigenvalue weighted by atomic mass is 28.3. The highest BCUT2D eigenvalue weighted by Gasteiger charge is 2.53. The molecule has 4 aliphatic carbocycles. The first-order valence-corrected chi connectivity index (χ1v) is 20.9. The summed E-state index contributed by atoms with van der Waals surface area (Å²) in [5.41, 5.74) is 11.0. The maximum Gasteiger partial charge on any atom is 0.126 e. The summed E-state index contributed by atoms with van der Waals surface area (Å²) in [7, 11) is -1.74. The minimum Gasteiger partial charge on any atom is -0.316 e. The van der Waals surface area contributed by atoms with Crippen molar-refractivity contribution in [3.05, 3.63) is 95.6 Å². The van der Waals surface area contributed by atoms with Gasteiger partial charge in [-0.05, 0) is 104 Å². The lowest BCUT2D eigenvalue weighted by Crippen LogP contribution is -2.64. The third kappa shape index (κ3) is 4.43. The zero-order valence-corrected chi connectivity index (χ0v) is 29.7. The molecule has 2 saturated carbocycles. The molecule has 2 nitrogen and oxygen atoms in total. The molecule has 3 aromatic carbocycles. The van der Waals surface area contributed by atoms with Crippen molar-refractivity contribution >= 4 is 35.6 Å². The first-order chi connectivity index (χ1) is 21.5. The summed E-state index contributed by atoms with van der Waals surface area (Å²) in [5, 5.41) is 2.66. The van der Waals surface area contributed by atoms with Gasteiger partial charge in [-0.25, -0.2) is 0 Å². The van der Waals surface area contributed by atoms with E-state index in [0.29, 0.717) is 11.8 Å². The van der Waals surface area contributed by atoms with E-state index in [1.807, 2.05) is 0 Å². The minimum atomic E-state index is -1.74. The summed E-state index contributed by atoms with van der Waals surface area (Å²) in [6.07, 6.45) is 15.3. The summed E-state index contributed by atoms with van der Waals surface area (Å²) in [4.78, 5) is 0. The van der Waals surface area contributed by atoms with Crippen molar-refractivity contribution in [2.75, 3.05) is 0 Å². The van der Waals surface area contributed by atoms with Crippen LogP contribution in [0.3, 0.4) is 0 Å². The monoisotopic (exact) mass is 612 g/mol. The van der Waals surface area contributed by atoms with Crippen LogP contribution >= 0.6 is 0 Å². The molecule has 0 amide bonds.